The summed E-state index contributed by atoms with van der Waals surface area (Å²) in [4.78, 5) is 0.258. The Labute approximate surface area is 120 Å². The quantitative estimate of drug-likeness (QED) is 0.558. The van der Waals surface area contributed by atoms with Gasteiger partial charge in [-0.3, -0.25) is 5.84 Å². The van der Waals surface area contributed by atoms with E-state index in [0.29, 0.717) is 25.4 Å². The van der Waals surface area contributed by atoms with Crippen LogP contribution in [0.3, 0.4) is 0 Å². The largest absolute Gasteiger partial charge is 0.383 e. The van der Waals surface area contributed by atoms with Crippen molar-refractivity contribution in [3.05, 3.63) is 24.3 Å². The topological polar surface area (TPSA) is 84.7 Å². The van der Waals surface area contributed by atoms with Crippen LogP contribution in [0.25, 0.3) is 0 Å². The van der Waals surface area contributed by atoms with E-state index < -0.39 is 10.0 Å². The fraction of sp³-hybridized carbons (Fsp3) is 0.538. The number of nitrogens with two attached hydrogens (primary N) is 1. The van der Waals surface area contributed by atoms with Crippen molar-refractivity contribution in [3.63, 3.8) is 0 Å². The predicted molar refractivity (Wildman–Crippen MR) is 79.7 cm³/mol. The second-order valence-electron chi connectivity index (χ2n) is 4.92. The maximum absolute atomic E-state index is 12.6. The SMILES string of the molecule is COCCN(CC(C)C)S(=O)(=O)c1ccc(NN)cc1. The highest BCUT2D eigenvalue weighted by atomic mass is 32.2. The third-order valence-corrected chi connectivity index (χ3v) is 4.65. The summed E-state index contributed by atoms with van der Waals surface area (Å²) in [7, 11) is -1.95. The van der Waals surface area contributed by atoms with Crippen LogP contribution in [0.15, 0.2) is 29.2 Å². The first-order valence-corrected chi connectivity index (χ1v) is 7.91. The molecule has 0 fully saturated rings. The Balaban J connectivity index is 3.00. The smallest absolute Gasteiger partial charge is 0.243 e. The summed E-state index contributed by atoms with van der Waals surface area (Å²) in [5, 5.41) is 0. The van der Waals surface area contributed by atoms with Gasteiger partial charge in [-0.1, -0.05) is 13.8 Å². The Bertz CT molecular complexity index is 500. The average Bonchev–Trinajstić information content (AvgIpc) is 2.43. The van der Waals surface area contributed by atoms with Crippen LogP contribution in [0.2, 0.25) is 0 Å². The summed E-state index contributed by atoms with van der Waals surface area (Å²) < 4.78 is 31.6. The molecule has 0 aromatic heterocycles. The maximum atomic E-state index is 12.6. The van der Waals surface area contributed by atoms with Crippen molar-refractivity contribution in [1.29, 1.82) is 0 Å². The maximum Gasteiger partial charge on any atom is 0.243 e. The molecule has 0 unspecified atom stereocenters. The Kier molecular flexibility index (Phi) is 6.41. The lowest BCUT2D eigenvalue weighted by Crippen LogP contribution is -2.36. The zero-order chi connectivity index (χ0) is 15.2. The van der Waals surface area contributed by atoms with Crippen LogP contribution in [0.4, 0.5) is 5.69 Å². The molecule has 0 atom stereocenters. The van der Waals surface area contributed by atoms with Gasteiger partial charge in [0.1, 0.15) is 0 Å². The molecule has 20 heavy (non-hydrogen) atoms. The third kappa shape index (κ3) is 4.45. The molecule has 1 rings (SSSR count). The van der Waals surface area contributed by atoms with Gasteiger partial charge >= 0.3 is 0 Å². The zero-order valence-electron chi connectivity index (χ0n) is 12.2. The van der Waals surface area contributed by atoms with Gasteiger partial charge in [0.25, 0.3) is 0 Å². The molecule has 0 aliphatic rings. The molecule has 6 nitrogen and oxygen atoms in total. The van der Waals surface area contributed by atoms with Crippen molar-refractivity contribution in [1.82, 2.24) is 4.31 Å². The molecule has 7 heteroatoms. The lowest BCUT2D eigenvalue weighted by atomic mass is 10.2. The minimum absolute atomic E-state index is 0.242. The second-order valence-corrected chi connectivity index (χ2v) is 6.86. The summed E-state index contributed by atoms with van der Waals surface area (Å²) >= 11 is 0. The Morgan fingerprint density at radius 3 is 2.35 bits per heavy atom. The van der Waals surface area contributed by atoms with Gasteiger partial charge in [0, 0.05) is 25.9 Å². The summed E-state index contributed by atoms with van der Waals surface area (Å²) in [6.07, 6.45) is 0. The van der Waals surface area contributed by atoms with E-state index in [2.05, 4.69) is 5.43 Å². The monoisotopic (exact) mass is 301 g/mol. The fourth-order valence-electron chi connectivity index (χ4n) is 1.78. The summed E-state index contributed by atoms with van der Waals surface area (Å²) in [6, 6.07) is 6.36. The minimum Gasteiger partial charge on any atom is -0.383 e. The van der Waals surface area contributed by atoms with Gasteiger partial charge in [0.15, 0.2) is 0 Å². The van der Waals surface area contributed by atoms with Crippen molar-refractivity contribution in [2.75, 3.05) is 32.2 Å². The number of nitrogen functional groups attached to an aromatic ring is 1. The van der Waals surface area contributed by atoms with E-state index in [1.54, 1.807) is 31.4 Å². The molecule has 0 radical (unpaired) electrons. The number of rotatable bonds is 8. The highest BCUT2D eigenvalue weighted by Gasteiger charge is 2.24. The number of hydrazine groups is 1. The standard InChI is InChI=1S/C13H23N3O3S/c1-11(2)10-16(8-9-19-3)20(17,18)13-6-4-12(15-14)5-7-13/h4-7,11,15H,8-10,14H2,1-3H3. The number of ether oxygens (including phenoxy) is 1. The van der Waals surface area contributed by atoms with Crippen molar-refractivity contribution in [2.45, 2.75) is 18.7 Å². The highest BCUT2D eigenvalue weighted by molar-refractivity contribution is 7.89. The van der Waals surface area contributed by atoms with Crippen molar-refractivity contribution < 1.29 is 13.2 Å². The Morgan fingerprint density at radius 2 is 1.90 bits per heavy atom. The summed E-state index contributed by atoms with van der Waals surface area (Å²) in [6.45, 7) is 5.14. The van der Waals surface area contributed by atoms with Gasteiger partial charge in [0.2, 0.25) is 10.0 Å². The first-order chi connectivity index (χ1) is 9.41. The Morgan fingerprint density at radius 1 is 1.30 bits per heavy atom. The third-order valence-electron chi connectivity index (χ3n) is 2.77. The first-order valence-electron chi connectivity index (χ1n) is 6.47. The van der Waals surface area contributed by atoms with Crippen LogP contribution >= 0.6 is 0 Å². The van der Waals surface area contributed by atoms with E-state index in [9.17, 15) is 8.42 Å². The van der Waals surface area contributed by atoms with E-state index >= 15 is 0 Å². The summed E-state index contributed by atoms with van der Waals surface area (Å²) in [5.74, 6) is 5.52. The van der Waals surface area contributed by atoms with Crippen molar-refractivity contribution in [3.8, 4) is 0 Å². The van der Waals surface area contributed by atoms with Crippen LogP contribution in [0.5, 0.6) is 0 Å². The molecule has 0 saturated carbocycles. The Hall–Kier alpha value is -1.15. The molecule has 0 amide bonds. The number of anilines is 1. The lowest BCUT2D eigenvalue weighted by Gasteiger charge is -2.23. The van der Waals surface area contributed by atoms with Gasteiger partial charge in [-0.25, -0.2) is 8.42 Å². The van der Waals surface area contributed by atoms with Gasteiger partial charge in [-0.15, -0.1) is 0 Å². The van der Waals surface area contributed by atoms with E-state index in [0.717, 1.165) is 0 Å². The van der Waals surface area contributed by atoms with E-state index in [4.69, 9.17) is 10.6 Å². The van der Waals surface area contributed by atoms with E-state index in [-0.39, 0.29) is 10.8 Å². The molecule has 0 spiro atoms. The van der Waals surface area contributed by atoms with Crippen LogP contribution in [0, 0.1) is 5.92 Å². The van der Waals surface area contributed by atoms with Crippen molar-refractivity contribution >= 4 is 15.7 Å². The molecular weight excluding hydrogens is 278 g/mol. The molecule has 0 aliphatic carbocycles. The van der Waals surface area contributed by atoms with Crippen molar-refractivity contribution in [2.24, 2.45) is 11.8 Å². The van der Waals surface area contributed by atoms with Gasteiger partial charge in [-0.2, -0.15) is 4.31 Å². The molecule has 0 saturated heterocycles. The van der Waals surface area contributed by atoms with E-state index in [1.165, 1.54) is 4.31 Å². The van der Waals surface area contributed by atoms with E-state index in [1.807, 2.05) is 13.8 Å². The fourth-order valence-corrected chi connectivity index (χ4v) is 3.37. The van der Waals surface area contributed by atoms with Crippen LogP contribution < -0.4 is 11.3 Å². The zero-order valence-corrected chi connectivity index (χ0v) is 13.0. The molecule has 114 valence electrons. The molecule has 0 heterocycles. The number of methoxy groups -OCH3 is 1. The molecule has 1 aromatic rings. The predicted octanol–water partition coefficient (Wildman–Crippen LogP) is 1.27. The van der Waals surface area contributed by atoms with Crippen LogP contribution in [-0.4, -0.2) is 39.5 Å². The molecule has 3 N–H and O–H groups in total. The normalized spacial score (nSPS) is 12.1. The number of hydrogen-bond donors (Lipinski definition) is 2. The number of nitrogens with zero attached hydrogens (tertiary/aromatic N) is 1. The van der Waals surface area contributed by atoms with Gasteiger partial charge < -0.3 is 10.2 Å². The number of sulfonamides is 1. The van der Waals surface area contributed by atoms with Crippen LogP contribution in [-0.2, 0) is 14.8 Å². The lowest BCUT2D eigenvalue weighted by molar-refractivity contribution is 0.175. The molecule has 0 aliphatic heterocycles. The van der Waals surface area contributed by atoms with Gasteiger partial charge in [-0.05, 0) is 30.2 Å². The second kappa shape index (κ2) is 7.58. The number of nitrogens with one attached hydrogen (secondary N) is 1. The number of hydrogen-bond acceptors (Lipinski definition) is 5. The molecule has 1 aromatic carbocycles. The minimum atomic E-state index is -3.51. The number of benzene rings is 1. The first kappa shape index (κ1) is 16.9. The average molecular weight is 301 g/mol. The van der Waals surface area contributed by atoms with Crippen LogP contribution in [0.1, 0.15) is 13.8 Å². The summed E-state index contributed by atoms with van der Waals surface area (Å²) in [5.41, 5.74) is 3.14. The highest BCUT2D eigenvalue weighted by Crippen LogP contribution is 2.19. The molecule has 0 bridgehead atoms. The van der Waals surface area contributed by atoms with Gasteiger partial charge in [0.05, 0.1) is 11.5 Å². The molecular formula is C13H23N3O3S.